The minimum absolute atomic E-state index is 0.113. The molecule has 0 atom stereocenters. The van der Waals surface area contributed by atoms with Gasteiger partial charge in [-0.05, 0) is 92.1 Å². The predicted octanol–water partition coefficient (Wildman–Crippen LogP) is 5.15. The second-order valence-electron chi connectivity index (χ2n) is 7.33. The molecule has 3 rings (SSSR count). The van der Waals surface area contributed by atoms with E-state index < -0.39 is 10.0 Å². The van der Waals surface area contributed by atoms with E-state index in [9.17, 15) is 13.2 Å². The van der Waals surface area contributed by atoms with Crippen LogP contribution in [-0.2, 0) is 10.0 Å². The van der Waals surface area contributed by atoms with Gasteiger partial charge in [0, 0.05) is 16.9 Å². The van der Waals surface area contributed by atoms with Crippen LogP contribution < -0.4 is 14.8 Å². The van der Waals surface area contributed by atoms with Crippen LogP contribution in [0.1, 0.15) is 34.8 Å². The first-order chi connectivity index (χ1) is 14.8. The van der Waals surface area contributed by atoms with Gasteiger partial charge in [0.15, 0.2) is 0 Å². The third-order valence-electron chi connectivity index (χ3n) is 4.49. The maximum atomic E-state index is 12.7. The van der Waals surface area contributed by atoms with E-state index in [1.807, 2.05) is 26.8 Å². The molecule has 0 heterocycles. The summed E-state index contributed by atoms with van der Waals surface area (Å²) in [6, 6.07) is 18.4. The summed E-state index contributed by atoms with van der Waals surface area (Å²) in [5.74, 6) is 0.426. The number of nitrogens with one attached hydrogen (secondary N) is 2. The van der Waals surface area contributed by atoms with Crippen LogP contribution in [0.2, 0.25) is 0 Å². The number of aryl methyl sites for hydroxylation is 2. The summed E-state index contributed by atoms with van der Waals surface area (Å²) in [4.78, 5) is 12.6. The van der Waals surface area contributed by atoms with Gasteiger partial charge in [0.25, 0.3) is 15.9 Å². The normalized spacial score (nSPS) is 11.1. The largest absolute Gasteiger partial charge is 0.494 e. The van der Waals surface area contributed by atoms with Crippen molar-refractivity contribution in [1.29, 1.82) is 0 Å². The van der Waals surface area contributed by atoms with Gasteiger partial charge in [-0.2, -0.15) is 0 Å². The first-order valence-electron chi connectivity index (χ1n) is 10.0. The molecule has 0 spiro atoms. The highest BCUT2D eigenvalue weighted by Crippen LogP contribution is 2.21. The molecule has 0 fully saturated rings. The Balaban J connectivity index is 1.67. The van der Waals surface area contributed by atoms with Crippen LogP contribution in [0, 0.1) is 13.8 Å². The second-order valence-corrected chi connectivity index (χ2v) is 9.02. The SMILES string of the molecule is CCCOc1ccc(C(=O)Nc2ccc(S(=O)(=O)Nc3cc(C)cc(C)c3)cc2)cc1. The van der Waals surface area contributed by atoms with Crippen molar-refractivity contribution in [2.75, 3.05) is 16.6 Å². The molecule has 0 saturated heterocycles. The van der Waals surface area contributed by atoms with Gasteiger partial charge in [-0.15, -0.1) is 0 Å². The lowest BCUT2D eigenvalue weighted by Crippen LogP contribution is -2.14. The van der Waals surface area contributed by atoms with Crippen LogP contribution >= 0.6 is 0 Å². The molecular weight excluding hydrogens is 412 g/mol. The van der Waals surface area contributed by atoms with E-state index in [1.165, 1.54) is 12.1 Å². The molecule has 0 unspecified atom stereocenters. The molecule has 0 aliphatic heterocycles. The van der Waals surface area contributed by atoms with Crippen molar-refractivity contribution in [1.82, 2.24) is 0 Å². The van der Waals surface area contributed by atoms with Crippen molar-refractivity contribution >= 4 is 27.3 Å². The third kappa shape index (κ3) is 6.08. The fourth-order valence-corrected chi connectivity index (χ4v) is 4.13. The number of carbonyl (C=O) groups excluding carboxylic acids is 1. The molecule has 0 aliphatic rings. The van der Waals surface area contributed by atoms with E-state index in [0.717, 1.165) is 17.5 Å². The summed E-state index contributed by atoms with van der Waals surface area (Å²) < 4.78 is 33.5. The maximum Gasteiger partial charge on any atom is 0.261 e. The Kier molecular flexibility index (Phi) is 6.97. The Morgan fingerprint density at radius 1 is 0.871 bits per heavy atom. The molecule has 162 valence electrons. The van der Waals surface area contributed by atoms with Gasteiger partial charge in [0.05, 0.1) is 11.5 Å². The van der Waals surface area contributed by atoms with Gasteiger partial charge in [0.2, 0.25) is 0 Å². The Morgan fingerprint density at radius 3 is 2.06 bits per heavy atom. The standard InChI is InChI=1S/C24H26N2O4S/c1-4-13-30-22-9-5-19(6-10-22)24(27)25-20-7-11-23(12-8-20)31(28,29)26-21-15-17(2)14-18(3)16-21/h5-12,14-16,26H,4,13H2,1-3H3,(H,25,27). The number of rotatable bonds is 8. The van der Waals surface area contributed by atoms with Crippen molar-refractivity contribution < 1.29 is 17.9 Å². The van der Waals surface area contributed by atoms with Gasteiger partial charge in [0.1, 0.15) is 5.75 Å². The lowest BCUT2D eigenvalue weighted by atomic mass is 10.1. The number of amides is 1. The molecule has 0 saturated carbocycles. The number of benzene rings is 3. The van der Waals surface area contributed by atoms with E-state index in [0.29, 0.717) is 29.3 Å². The second kappa shape index (κ2) is 9.66. The van der Waals surface area contributed by atoms with E-state index in [2.05, 4.69) is 10.0 Å². The first kappa shape index (κ1) is 22.4. The zero-order valence-corrected chi connectivity index (χ0v) is 18.6. The summed E-state index contributed by atoms with van der Waals surface area (Å²) in [6.07, 6.45) is 0.911. The smallest absolute Gasteiger partial charge is 0.261 e. The van der Waals surface area contributed by atoms with E-state index >= 15 is 0 Å². The molecule has 31 heavy (non-hydrogen) atoms. The van der Waals surface area contributed by atoms with Gasteiger partial charge in [-0.1, -0.05) is 13.0 Å². The lowest BCUT2D eigenvalue weighted by Gasteiger charge is -2.11. The highest BCUT2D eigenvalue weighted by Gasteiger charge is 2.15. The minimum Gasteiger partial charge on any atom is -0.494 e. The first-order valence-corrected chi connectivity index (χ1v) is 11.5. The summed E-state index contributed by atoms with van der Waals surface area (Å²) in [6.45, 7) is 6.47. The minimum atomic E-state index is -3.73. The zero-order chi connectivity index (χ0) is 22.4. The average molecular weight is 439 g/mol. The molecular formula is C24H26N2O4S. The molecule has 6 nitrogen and oxygen atoms in total. The molecule has 2 N–H and O–H groups in total. The van der Waals surface area contributed by atoms with Gasteiger partial charge in [-0.25, -0.2) is 8.42 Å². The topological polar surface area (TPSA) is 84.5 Å². The summed E-state index contributed by atoms with van der Waals surface area (Å²) >= 11 is 0. The number of carbonyl (C=O) groups is 1. The lowest BCUT2D eigenvalue weighted by molar-refractivity contribution is 0.102. The van der Waals surface area contributed by atoms with Crippen molar-refractivity contribution in [3.63, 3.8) is 0 Å². The Labute approximate surface area is 183 Å². The molecule has 0 aromatic heterocycles. The predicted molar refractivity (Wildman–Crippen MR) is 123 cm³/mol. The molecule has 0 bridgehead atoms. The Bertz CT molecular complexity index is 1130. The quantitative estimate of drug-likeness (QED) is 0.510. The number of hydrogen-bond acceptors (Lipinski definition) is 4. The summed E-state index contributed by atoms with van der Waals surface area (Å²) in [5, 5.41) is 2.77. The van der Waals surface area contributed by atoms with Crippen molar-refractivity contribution in [3.8, 4) is 5.75 Å². The van der Waals surface area contributed by atoms with Crippen molar-refractivity contribution in [2.24, 2.45) is 0 Å². The monoisotopic (exact) mass is 438 g/mol. The number of anilines is 2. The summed E-state index contributed by atoms with van der Waals surface area (Å²) in [5.41, 5.74) is 3.45. The van der Waals surface area contributed by atoms with Crippen molar-refractivity contribution in [3.05, 3.63) is 83.4 Å². The fourth-order valence-electron chi connectivity index (χ4n) is 3.09. The summed E-state index contributed by atoms with van der Waals surface area (Å²) in [7, 11) is -3.73. The van der Waals surface area contributed by atoms with E-state index in [1.54, 1.807) is 48.5 Å². The fraction of sp³-hybridized carbons (Fsp3) is 0.208. The van der Waals surface area contributed by atoms with E-state index in [-0.39, 0.29) is 10.8 Å². The van der Waals surface area contributed by atoms with Gasteiger partial charge >= 0.3 is 0 Å². The van der Waals surface area contributed by atoms with Crippen LogP contribution in [0.4, 0.5) is 11.4 Å². The average Bonchev–Trinajstić information content (AvgIpc) is 2.72. The molecule has 1 amide bonds. The number of ether oxygens (including phenoxy) is 1. The zero-order valence-electron chi connectivity index (χ0n) is 17.8. The van der Waals surface area contributed by atoms with Gasteiger partial charge in [-0.3, -0.25) is 9.52 Å². The molecule has 0 radical (unpaired) electrons. The highest BCUT2D eigenvalue weighted by atomic mass is 32.2. The van der Waals surface area contributed by atoms with Crippen LogP contribution in [-0.4, -0.2) is 20.9 Å². The molecule has 3 aromatic rings. The molecule has 0 aliphatic carbocycles. The van der Waals surface area contributed by atoms with Crippen LogP contribution in [0.15, 0.2) is 71.6 Å². The van der Waals surface area contributed by atoms with Crippen LogP contribution in [0.3, 0.4) is 0 Å². The van der Waals surface area contributed by atoms with Crippen molar-refractivity contribution in [2.45, 2.75) is 32.1 Å². The van der Waals surface area contributed by atoms with Gasteiger partial charge < -0.3 is 10.1 Å². The Hall–Kier alpha value is -3.32. The maximum absolute atomic E-state index is 12.7. The van der Waals surface area contributed by atoms with Crippen LogP contribution in [0.5, 0.6) is 5.75 Å². The Morgan fingerprint density at radius 2 is 1.48 bits per heavy atom. The molecule has 3 aromatic carbocycles. The number of hydrogen-bond donors (Lipinski definition) is 2. The van der Waals surface area contributed by atoms with Crippen LogP contribution in [0.25, 0.3) is 0 Å². The number of sulfonamides is 1. The highest BCUT2D eigenvalue weighted by molar-refractivity contribution is 7.92. The molecule has 7 heteroatoms. The third-order valence-corrected chi connectivity index (χ3v) is 5.88. The van der Waals surface area contributed by atoms with E-state index in [4.69, 9.17) is 4.74 Å².